The molecule has 0 aliphatic heterocycles. The molecule has 10 heteroatoms. The van der Waals surface area contributed by atoms with Gasteiger partial charge in [0, 0.05) is 19.2 Å². The van der Waals surface area contributed by atoms with Crippen LogP contribution in [0.1, 0.15) is 58.1 Å². The number of methoxy groups -OCH3 is 1. The lowest BCUT2D eigenvalue weighted by atomic mass is 9.77. The summed E-state index contributed by atoms with van der Waals surface area (Å²) in [5.41, 5.74) is 4.21. The van der Waals surface area contributed by atoms with Crippen molar-refractivity contribution in [1.82, 2.24) is 29.8 Å². The van der Waals surface area contributed by atoms with Crippen molar-refractivity contribution in [2.45, 2.75) is 38.1 Å². The van der Waals surface area contributed by atoms with Crippen molar-refractivity contribution in [2.24, 2.45) is 0 Å². The van der Waals surface area contributed by atoms with Gasteiger partial charge in [0.25, 0.3) is 0 Å². The fourth-order valence-corrected chi connectivity index (χ4v) is 6.94. The summed E-state index contributed by atoms with van der Waals surface area (Å²) in [5.74, 6) is -0.172. The molecule has 0 aliphatic rings. The zero-order valence-electron chi connectivity index (χ0n) is 29.1. The summed E-state index contributed by atoms with van der Waals surface area (Å²) in [7, 11) is 1.52. The summed E-state index contributed by atoms with van der Waals surface area (Å²) in [5, 5.41) is 34.5. The molecule has 0 amide bonds. The number of aliphatic hydroxyl groups is 1. The van der Waals surface area contributed by atoms with Crippen LogP contribution in [0.3, 0.4) is 0 Å². The van der Waals surface area contributed by atoms with Crippen LogP contribution in [0.25, 0.3) is 22.5 Å². The van der Waals surface area contributed by atoms with Gasteiger partial charge in [-0.3, -0.25) is 0 Å². The third kappa shape index (κ3) is 6.19. The first-order valence-electron chi connectivity index (χ1n) is 16.9. The van der Waals surface area contributed by atoms with Crippen molar-refractivity contribution < 1.29 is 19.7 Å². The lowest BCUT2D eigenvalue weighted by molar-refractivity contribution is 0.0602. The fourth-order valence-electron chi connectivity index (χ4n) is 6.94. The summed E-state index contributed by atoms with van der Waals surface area (Å²) in [6, 6.07) is 46.8. The molecule has 52 heavy (non-hydrogen) atoms. The highest BCUT2D eigenvalue weighted by molar-refractivity contribution is 5.87. The minimum atomic E-state index is -1.45. The van der Waals surface area contributed by atoms with Gasteiger partial charge in [-0.25, -0.2) is 14.5 Å². The summed E-state index contributed by atoms with van der Waals surface area (Å²) in [4.78, 5) is 16.9. The van der Waals surface area contributed by atoms with Gasteiger partial charge in [-0.1, -0.05) is 140 Å². The van der Waals surface area contributed by atoms with Crippen molar-refractivity contribution in [3.63, 3.8) is 0 Å². The number of nitrogens with zero attached hydrogens (tertiary/aromatic N) is 6. The zero-order valence-corrected chi connectivity index (χ0v) is 29.1. The second kappa shape index (κ2) is 14.2. The topological polar surface area (TPSA) is 128 Å². The predicted molar refractivity (Wildman–Crippen MR) is 198 cm³/mol. The van der Waals surface area contributed by atoms with Gasteiger partial charge in [-0.2, -0.15) is 0 Å². The molecule has 10 nitrogen and oxygen atoms in total. The molecular formula is C42H38N6O4. The molecule has 260 valence electrons. The molecule has 0 saturated heterocycles. The van der Waals surface area contributed by atoms with Gasteiger partial charge in [0.2, 0.25) is 0 Å². The number of imidazole rings is 1. The Morgan fingerprint density at radius 1 is 0.731 bits per heavy atom. The van der Waals surface area contributed by atoms with Gasteiger partial charge < -0.3 is 19.5 Å². The molecule has 2 N–H and O–H groups in total. The molecule has 5 aromatic carbocycles. The Kier molecular flexibility index (Phi) is 9.33. The van der Waals surface area contributed by atoms with Gasteiger partial charge in [-0.15, -0.1) is 5.10 Å². The summed E-state index contributed by atoms with van der Waals surface area (Å²) in [6.07, 6.45) is 0. The van der Waals surface area contributed by atoms with E-state index in [1.165, 1.54) is 21.0 Å². The second-order valence-electron chi connectivity index (χ2n) is 13.1. The minimum Gasteiger partial charge on any atom is -0.477 e. The van der Waals surface area contributed by atoms with E-state index in [0.717, 1.165) is 38.9 Å². The number of carboxylic acid groups (broad SMARTS) is 1. The van der Waals surface area contributed by atoms with Gasteiger partial charge in [0.1, 0.15) is 29.3 Å². The number of aromatic nitrogens is 6. The highest BCUT2D eigenvalue weighted by Gasteiger charge is 2.42. The number of ether oxygens (including phenoxy) is 1. The van der Waals surface area contributed by atoms with Gasteiger partial charge in [-0.05, 0) is 57.7 Å². The highest BCUT2D eigenvalue weighted by Crippen LogP contribution is 2.43. The van der Waals surface area contributed by atoms with Crippen LogP contribution < -0.4 is 0 Å². The summed E-state index contributed by atoms with van der Waals surface area (Å²) < 4.78 is 8.85. The number of carbonyl (C=O) groups is 1. The summed E-state index contributed by atoms with van der Waals surface area (Å²) >= 11 is 0. The van der Waals surface area contributed by atoms with Crippen LogP contribution in [0.5, 0.6) is 0 Å². The highest BCUT2D eigenvalue weighted by atomic mass is 16.5. The van der Waals surface area contributed by atoms with Crippen molar-refractivity contribution in [3.8, 4) is 22.5 Å². The normalized spacial score (nSPS) is 11.8. The van der Waals surface area contributed by atoms with Crippen LogP contribution in [0.4, 0.5) is 0 Å². The number of carboxylic acids is 1. The third-order valence-corrected chi connectivity index (χ3v) is 9.24. The molecule has 2 heterocycles. The molecule has 0 bridgehead atoms. The van der Waals surface area contributed by atoms with E-state index in [-0.39, 0.29) is 24.5 Å². The van der Waals surface area contributed by atoms with E-state index >= 15 is 0 Å². The van der Waals surface area contributed by atoms with Crippen LogP contribution >= 0.6 is 0 Å². The van der Waals surface area contributed by atoms with Gasteiger partial charge in [0.15, 0.2) is 11.5 Å². The minimum absolute atomic E-state index is 0.0699. The maximum absolute atomic E-state index is 12.4. The second-order valence-corrected chi connectivity index (χ2v) is 13.1. The monoisotopic (exact) mass is 690 g/mol. The molecule has 0 fully saturated rings. The Morgan fingerprint density at radius 3 is 1.75 bits per heavy atom. The van der Waals surface area contributed by atoms with Crippen LogP contribution in [0.15, 0.2) is 140 Å². The van der Waals surface area contributed by atoms with E-state index in [9.17, 15) is 15.0 Å². The molecule has 7 rings (SSSR count). The molecule has 0 radical (unpaired) electrons. The first kappa shape index (κ1) is 34.2. The van der Waals surface area contributed by atoms with E-state index in [1.54, 1.807) is 4.57 Å². The van der Waals surface area contributed by atoms with E-state index < -0.39 is 17.1 Å². The maximum atomic E-state index is 12.4. The Bertz CT molecular complexity index is 2200. The largest absolute Gasteiger partial charge is 0.477 e. The SMILES string of the molecule is COCc1nc(C(C)(C)O)c(C(=O)O)n1Cc1ccc(-c2ccccc2-c2nnnn2C(c2ccccc2)(c2ccccc2)c2ccccc2)cc1. The number of benzene rings is 5. The van der Waals surface area contributed by atoms with Crippen molar-refractivity contribution in [1.29, 1.82) is 0 Å². The van der Waals surface area contributed by atoms with Crippen molar-refractivity contribution in [3.05, 3.63) is 179 Å². The molecule has 0 unspecified atom stereocenters. The first-order chi connectivity index (χ1) is 25.2. The van der Waals surface area contributed by atoms with Crippen molar-refractivity contribution >= 4 is 5.97 Å². The van der Waals surface area contributed by atoms with Crippen LogP contribution in [0.2, 0.25) is 0 Å². The average molecular weight is 691 g/mol. The van der Waals surface area contributed by atoms with Crippen LogP contribution in [-0.4, -0.2) is 53.1 Å². The quantitative estimate of drug-likeness (QED) is 0.129. The number of hydrogen-bond donors (Lipinski definition) is 2. The smallest absolute Gasteiger partial charge is 0.354 e. The Balaban J connectivity index is 1.34. The van der Waals surface area contributed by atoms with E-state index in [2.05, 4.69) is 51.7 Å². The number of tetrazole rings is 1. The number of aromatic carboxylic acids is 1. The molecule has 0 atom stereocenters. The van der Waals surface area contributed by atoms with Crippen molar-refractivity contribution in [2.75, 3.05) is 7.11 Å². The molecule has 0 spiro atoms. The first-order valence-corrected chi connectivity index (χ1v) is 16.9. The number of rotatable bonds is 12. The Hall–Kier alpha value is -6.23. The van der Waals surface area contributed by atoms with Crippen LogP contribution in [-0.2, 0) is 29.0 Å². The Labute approximate surface area is 301 Å². The standard InChI is InChI=1S/C42H38N6O4/c1-41(2,51)38-37(40(49)50)47(36(43-38)28-52-3)27-29-23-25-30(26-24-29)34-21-13-14-22-35(34)39-44-45-46-48(39)42(31-15-7-4-8-16-31,32-17-9-5-10-18-32)33-19-11-6-12-20-33/h4-26,51H,27-28H2,1-3H3,(H,49,50). The zero-order chi connectivity index (χ0) is 36.3. The molecular weight excluding hydrogens is 652 g/mol. The van der Waals surface area contributed by atoms with Gasteiger partial charge in [0.05, 0.1) is 0 Å². The number of hydrogen-bond acceptors (Lipinski definition) is 7. The third-order valence-electron chi connectivity index (χ3n) is 9.24. The molecule has 2 aromatic heterocycles. The maximum Gasteiger partial charge on any atom is 0.354 e. The Morgan fingerprint density at radius 2 is 1.25 bits per heavy atom. The fraction of sp³-hybridized carbons (Fsp3) is 0.167. The summed E-state index contributed by atoms with van der Waals surface area (Å²) in [6.45, 7) is 3.36. The lowest BCUT2D eigenvalue weighted by Gasteiger charge is -2.36. The molecule has 0 saturated carbocycles. The van der Waals surface area contributed by atoms with E-state index in [0.29, 0.717) is 11.6 Å². The van der Waals surface area contributed by atoms with Crippen LogP contribution in [0, 0.1) is 0 Å². The molecule has 0 aliphatic carbocycles. The van der Waals surface area contributed by atoms with E-state index in [1.807, 2.05) is 108 Å². The van der Waals surface area contributed by atoms with Gasteiger partial charge >= 0.3 is 5.97 Å². The predicted octanol–water partition coefficient (Wildman–Crippen LogP) is 7.16. The lowest BCUT2D eigenvalue weighted by Crippen LogP contribution is -2.39. The van der Waals surface area contributed by atoms with E-state index in [4.69, 9.17) is 9.95 Å². The molecule has 7 aromatic rings. The average Bonchev–Trinajstić information content (AvgIpc) is 3.80.